The number of halogens is 2. The topological polar surface area (TPSA) is 46.2 Å². The van der Waals surface area contributed by atoms with Gasteiger partial charge in [-0.3, -0.25) is 0 Å². The number of nitrogens with one attached hydrogen (secondary N) is 1. The predicted molar refractivity (Wildman–Crippen MR) is 69.8 cm³/mol. The summed E-state index contributed by atoms with van der Waals surface area (Å²) in [6, 6.07) is 6.96. The molecule has 0 atom stereocenters. The highest BCUT2D eigenvalue weighted by Gasteiger charge is 2.15. The van der Waals surface area contributed by atoms with E-state index in [-0.39, 0.29) is 16.5 Å². The fourth-order valence-corrected chi connectivity index (χ4v) is 3.32. The summed E-state index contributed by atoms with van der Waals surface area (Å²) in [6.07, 6.45) is 0. The summed E-state index contributed by atoms with van der Waals surface area (Å²) in [5.41, 5.74) is 0. The zero-order chi connectivity index (χ0) is 13.2. The number of sulfonamides is 1. The minimum Gasteiger partial charge on any atom is -0.207 e. The van der Waals surface area contributed by atoms with Gasteiger partial charge in [0.25, 0.3) is 0 Å². The van der Waals surface area contributed by atoms with Gasteiger partial charge < -0.3 is 0 Å². The molecule has 0 radical (unpaired) electrons. The van der Waals surface area contributed by atoms with Crippen LogP contribution in [0.5, 0.6) is 0 Å². The first kappa shape index (κ1) is 13.5. The van der Waals surface area contributed by atoms with Gasteiger partial charge in [-0.2, -0.15) is 0 Å². The molecule has 0 bridgehead atoms. The van der Waals surface area contributed by atoms with E-state index in [1.54, 1.807) is 0 Å². The summed E-state index contributed by atoms with van der Waals surface area (Å²) < 4.78 is 39.2. The quantitative estimate of drug-likeness (QED) is 0.944. The molecule has 0 aliphatic carbocycles. The summed E-state index contributed by atoms with van der Waals surface area (Å²) in [4.78, 5) is 0.845. The van der Waals surface area contributed by atoms with Gasteiger partial charge in [-0.25, -0.2) is 17.5 Å². The average molecular weight is 306 g/mol. The van der Waals surface area contributed by atoms with Crippen LogP contribution in [0.15, 0.2) is 40.6 Å². The summed E-state index contributed by atoms with van der Waals surface area (Å²) in [5.74, 6) is -0.645. The van der Waals surface area contributed by atoms with Gasteiger partial charge in [-0.15, -0.1) is 11.3 Å². The molecule has 1 aromatic heterocycles. The van der Waals surface area contributed by atoms with Gasteiger partial charge in [0.15, 0.2) is 0 Å². The minimum absolute atomic E-state index is 0.0505. The van der Waals surface area contributed by atoms with Crippen molar-refractivity contribution >= 4 is 33.0 Å². The second kappa shape index (κ2) is 5.36. The highest BCUT2D eigenvalue weighted by Crippen LogP contribution is 2.19. The first-order valence-corrected chi connectivity index (χ1v) is 7.70. The third kappa shape index (κ3) is 3.08. The van der Waals surface area contributed by atoms with Crippen molar-refractivity contribution in [1.29, 1.82) is 0 Å². The van der Waals surface area contributed by atoms with Crippen LogP contribution in [0.25, 0.3) is 0 Å². The Bertz CT molecular complexity index is 641. The third-order valence-corrected chi connectivity index (χ3v) is 4.78. The van der Waals surface area contributed by atoms with Gasteiger partial charge in [0.1, 0.15) is 5.82 Å². The van der Waals surface area contributed by atoms with Crippen LogP contribution in [0.4, 0.5) is 4.39 Å². The summed E-state index contributed by atoms with van der Waals surface area (Å²) >= 11 is 7.01. The van der Waals surface area contributed by atoms with Crippen molar-refractivity contribution in [3.63, 3.8) is 0 Å². The zero-order valence-electron chi connectivity index (χ0n) is 9.06. The summed E-state index contributed by atoms with van der Waals surface area (Å²) in [6.45, 7) is 0.203. The van der Waals surface area contributed by atoms with Crippen molar-refractivity contribution in [2.75, 3.05) is 0 Å². The molecule has 2 rings (SSSR count). The van der Waals surface area contributed by atoms with Crippen LogP contribution in [0.3, 0.4) is 0 Å². The molecule has 0 fully saturated rings. The third-order valence-electron chi connectivity index (χ3n) is 2.22. The largest absolute Gasteiger partial charge is 0.240 e. The second-order valence-electron chi connectivity index (χ2n) is 3.48. The number of rotatable bonds is 4. The highest BCUT2D eigenvalue weighted by molar-refractivity contribution is 7.89. The van der Waals surface area contributed by atoms with E-state index in [1.165, 1.54) is 17.4 Å². The van der Waals surface area contributed by atoms with Crippen molar-refractivity contribution in [3.05, 3.63) is 51.4 Å². The van der Waals surface area contributed by atoms with E-state index in [0.29, 0.717) is 0 Å². The minimum atomic E-state index is -3.67. The molecule has 1 N–H and O–H groups in total. The Kier molecular flexibility index (Phi) is 4.01. The van der Waals surface area contributed by atoms with E-state index >= 15 is 0 Å². The average Bonchev–Trinajstić information content (AvgIpc) is 2.83. The van der Waals surface area contributed by atoms with Crippen molar-refractivity contribution < 1.29 is 12.8 Å². The lowest BCUT2D eigenvalue weighted by Gasteiger charge is -2.06. The van der Waals surface area contributed by atoms with Crippen molar-refractivity contribution in [3.8, 4) is 0 Å². The van der Waals surface area contributed by atoms with Gasteiger partial charge in [0, 0.05) is 11.4 Å². The second-order valence-corrected chi connectivity index (χ2v) is 6.69. The molecule has 18 heavy (non-hydrogen) atoms. The predicted octanol–water partition coefficient (Wildman–Crippen LogP) is 3.02. The maximum absolute atomic E-state index is 13.0. The molecule has 0 saturated heterocycles. The zero-order valence-corrected chi connectivity index (χ0v) is 11.4. The Morgan fingerprint density at radius 2 is 2.11 bits per heavy atom. The molecule has 0 aliphatic rings. The Balaban J connectivity index is 2.17. The summed E-state index contributed by atoms with van der Waals surface area (Å²) in [7, 11) is -3.67. The van der Waals surface area contributed by atoms with Crippen LogP contribution in [0.2, 0.25) is 5.02 Å². The molecule has 7 heteroatoms. The molecule has 96 valence electrons. The van der Waals surface area contributed by atoms with E-state index in [0.717, 1.165) is 17.0 Å². The van der Waals surface area contributed by atoms with E-state index < -0.39 is 15.8 Å². The van der Waals surface area contributed by atoms with Crippen molar-refractivity contribution in [2.45, 2.75) is 11.4 Å². The Morgan fingerprint density at radius 1 is 1.33 bits per heavy atom. The van der Waals surface area contributed by atoms with E-state index in [2.05, 4.69) is 4.72 Å². The first-order chi connectivity index (χ1) is 8.49. The lowest BCUT2D eigenvalue weighted by Crippen LogP contribution is -2.22. The van der Waals surface area contributed by atoms with Gasteiger partial charge in [-0.1, -0.05) is 17.7 Å². The smallest absolute Gasteiger partial charge is 0.207 e. The fraction of sp³-hybridized carbons (Fsp3) is 0.0909. The Morgan fingerprint density at radius 3 is 2.72 bits per heavy atom. The van der Waals surface area contributed by atoms with Crippen LogP contribution in [-0.2, 0) is 16.6 Å². The van der Waals surface area contributed by atoms with E-state index in [9.17, 15) is 12.8 Å². The van der Waals surface area contributed by atoms with Crippen LogP contribution < -0.4 is 4.72 Å². The molecule has 1 heterocycles. The SMILES string of the molecule is O=S(=O)(NCc1cccs1)c1ccc(F)c(Cl)c1. The molecule has 0 amide bonds. The van der Waals surface area contributed by atoms with Crippen molar-refractivity contribution in [1.82, 2.24) is 4.72 Å². The van der Waals surface area contributed by atoms with Crippen LogP contribution in [0, 0.1) is 5.82 Å². The maximum Gasteiger partial charge on any atom is 0.240 e. The maximum atomic E-state index is 13.0. The number of benzene rings is 1. The number of thiophene rings is 1. The molecule has 0 unspecified atom stereocenters. The van der Waals surface area contributed by atoms with Crippen LogP contribution in [0.1, 0.15) is 4.88 Å². The van der Waals surface area contributed by atoms with Gasteiger partial charge >= 0.3 is 0 Å². The molecule has 2 aromatic rings. The molecular formula is C11H9ClFNO2S2. The lowest BCUT2D eigenvalue weighted by molar-refractivity contribution is 0.581. The Hall–Kier alpha value is -0.950. The van der Waals surface area contributed by atoms with Gasteiger partial charge in [0.2, 0.25) is 10.0 Å². The van der Waals surface area contributed by atoms with Crippen molar-refractivity contribution in [2.24, 2.45) is 0 Å². The summed E-state index contributed by atoms with van der Waals surface area (Å²) in [5, 5.41) is 1.65. The monoisotopic (exact) mass is 305 g/mol. The normalized spacial score (nSPS) is 11.7. The highest BCUT2D eigenvalue weighted by atomic mass is 35.5. The molecule has 3 nitrogen and oxygen atoms in total. The molecule has 0 saturated carbocycles. The van der Waals surface area contributed by atoms with Crippen LogP contribution >= 0.6 is 22.9 Å². The first-order valence-electron chi connectivity index (χ1n) is 4.96. The molecular weight excluding hydrogens is 297 g/mol. The standard InChI is InChI=1S/C11H9ClFNO2S2/c12-10-6-9(3-4-11(10)13)18(15,16)14-7-8-2-1-5-17-8/h1-6,14H,7H2. The fourth-order valence-electron chi connectivity index (χ4n) is 1.31. The molecule has 0 aliphatic heterocycles. The van der Waals surface area contributed by atoms with Gasteiger partial charge in [0.05, 0.1) is 9.92 Å². The number of hydrogen-bond acceptors (Lipinski definition) is 3. The van der Waals surface area contributed by atoms with Crippen LogP contribution in [-0.4, -0.2) is 8.42 Å². The molecule has 0 spiro atoms. The number of hydrogen-bond donors (Lipinski definition) is 1. The molecule has 1 aromatic carbocycles. The van der Waals surface area contributed by atoms with Gasteiger partial charge in [-0.05, 0) is 29.6 Å². The Labute approximate surface area is 113 Å². The lowest BCUT2D eigenvalue weighted by atomic mass is 10.3. The van der Waals surface area contributed by atoms with E-state index in [1.807, 2.05) is 17.5 Å². The van der Waals surface area contributed by atoms with E-state index in [4.69, 9.17) is 11.6 Å².